The molecule has 4 rings (SSSR count). The van der Waals surface area contributed by atoms with Crippen LogP contribution in [0.4, 0.5) is 13.2 Å². The van der Waals surface area contributed by atoms with Crippen molar-refractivity contribution in [3.8, 4) is 28.4 Å². The highest BCUT2D eigenvalue weighted by Crippen LogP contribution is 2.56. The molecule has 3 aromatic carbocycles. The fraction of sp³-hybridized carbons (Fsp3) is 0.217. The van der Waals surface area contributed by atoms with Crippen LogP contribution in [0.15, 0.2) is 54.6 Å². The van der Waals surface area contributed by atoms with Crippen LogP contribution < -0.4 is 14.2 Å². The number of rotatable bonds is 4. The average molecular weight is 400 g/mol. The summed E-state index contributed by atoms with van der Waals surface area (Å²) in [6.45, 7) is 0. The van der Waals surface area contributed by atoms with Crippen LogP contribution in [0.3, 0.4) is 0 Å². The summed E-state index contributed by atoms with van der Waals surface area (Å²) in [6, 6.07) is 15.0. The monoisotopic (exact) mass is 400 g/mol. The maximum atomic E-state index is 13.0. The van der Waals surface area contributed by atoms with Gasteiger partial charge in [0.1, 0.15) is 0 Å². The van der Waals surface area contributed by atoms with Gasteiger partial charge in [-0.05, 0) is 40.5 Å². The fourth-order valence-corrected chi connectivity index (χ4v) is 4.05. The van der Waals surface area contributed by atoms with Crippen molar-refractivity contribution >= 4 is 0 Å². The molecule has 0 saturated carbocycles. The summed E-state index contributed by atoms with van der Waals surface area (Å²) in [5.74, 6) is 1.23. The van der Waals surface area contributed by atoms with E-state index in [0.29, 0.717) is 17.2 Å². The highest BCUT2D eigenvalue weighted by molar-refractivity contribution is 5.86. The van der Waals surface area contributed by atoms with Gasteiger partial charge in [-0.15, -0.1) is 0 Å². The van der Waals surface area contributed by atoms with Crippen molar-refractivity contribution in [1.82, 2.24) is 0 Å². The molecule has 0 spiro atoms. The highest BCUT2D eigenvalue weighted by Gasteiger charge is 2.37. The molecule has 1 aliphatic rings. The molecule has 6 heteroatoms. The van der Waals surface area contributed by atoms with Gasteiger partial charge < -0.3 is 14.2 Å². The van der Waals surface area contributed by atoms with E-state index in [1.54, 1.807) is 14.2 Å². The summed E-state index contributed by atoms with van der Waals surface area (Å²) in [4.78, 5) is 0. The standard InChI is InChI=1S/C23H19F3O3/c1-27-18-12-17-15-6-4-5-7-16(15)19(20(17)22(29-3)21(18)28-2)13-8-10-14(11-9-13)23(24,25)26/h4-12,19H,1-3H3. The second kappa shape index (κ2) is 7.03. The first-order valence-corrected chi connectivity index (χ1v) is 9.00. The number of fused-ring (bicyclic) bond motifs is 3. The molecule has 0 bridgehead atoms. The lowest BCUT2D eigenvalue weighted by Crippen LogP contribution is -2.07. The van der Waals surface area contributed by atoms with E-state index in [1.165, 1.54) is 19.2 Å². The van der Waals surface area contributed by atoms with Gasteiger partial charge in [-0.25, -0.2) is 0 Å². The number of methoxy groups -OCH3 is 3. The molecule has 150 valence electrons. The van der Waals surface area contributed by atoms with Gasteiger partial charge >= 0.3 is 6.18 Å². The maximum Gasteiger partial charge on any atom is 0.416 e. The Hall–Kier alpha value is -3.15. The molecule has 1 aliphatic carbocycles. The predicted molar refractivity (Wildman–Crippen MR) is 104 cm³/mol. The summed E-state index contributed by atoms with van der Waals surface area (Å²) in [7, 11) is 4.63. The molecule has 0 fully saturated rings. The summed E-state index contributed by atoms with van der Waals surface area (Å²) >= 11 is 0. The van der Waals surface area contributed by atoms with Crippen molar-refractivity contribution in [2.24, 2.45) is 0 Å². The summed E-state index contributed by atoms with van der Waals surface area (Å²) in [6.07, 6.45) is -4.38. The van der Waals surface area contributed by atoms with Gasteiger partial charge in [-0.1, -0.05) is 36.4 Å². The third-order valence-corrected chi connectivity index (χ3v) is 5.29. The van der Waals surface area contributed by atoms with Crippen molar-refractivity contribution in [2.45, 2.75) is 12.1 Å². The number of hydrogen-bond acceptors (Lipinski definition) is 3. The van der Waals surface area contributed by atoms with E-state index < -0.39 is 11.7 Å². The molecular formula is C23H19F3O3. The second-order valence-electron chi connectivity index (χ2n) is 6.75. The van der Waals surface area contributed by atoms with Gasteiger partial charge in [-0.2, -0.15) is 13.2 Å². The summed E-state index contributed by atoms with van der Waals surface area (Å²) in [5.41, 5.74) is 3.83. The van der Waals surface area contributed by atoms with Gasteiger partial charge in [0, 0.05) is 11.5 Å². The van der Waals surface area contributed by atoms with E-state index >= 15 is 0 Å². The molecule has 0 heterocycles. The van der Waals surface area contributed by atoms with E-state index in [4.69, 9.17) is 14.2 Å². The Labute approximate surface area is 166 Å². The zero-order chi connectivity index (χ0) is 20.8. The smallest absolute Gasteiger partial charge is 0.416 e. The van der Waals surface area contributed by atoms with Crippen LogP contribution in [0.25, 0.3) is 11.1 Å². The van der Waals surface area contributed by atoms with Crippen LogP contribution in [0.5, 0.6) is 17.2 Å². The van der Waals surface area contributed by atoms with E-state index in [1.807, 2.05) is 30.3 Å². The molecule has 29 heavy (non-hydrogen) atoms. The van der Waals surface area contributed by atoms with Crippen molar-refractivity contribution in [1.29, 1.82) is 0 Å². The Morgan fingerprint density at radius 3 is 2.00 bits per heavy atom. The zero-order valence-corrected chi connectivity index (χ0v) is 16.1. The first kappa shape index (κ1) is 19.2. The van der Waals surface area contributed by atoms with Gasteiger partial charge in [0.2, 0.25) is 5.75 Å². The molecule has 1 unspecified atom stereocenters. The van der Waals surface area contributed by atoms with Crippen molar-refractivity contribution in [3.05, 3.63) is 76.9 Å². The molecule has 0 N–H and O–H groups in total. The summed E-state index contributed by atoms with van der Waals surface area (Å²) < 4.78 is 55.8. The average Bonchev–Trinajstić information content (AvgIpc) is 3.05. The Morgan fingerprint density at radius 2 is 1.41 bits per heavy atom. The molecular weight excluding hydrogens is 381 g/mol. The molecule has 0 saturated heterocycles. The predicted octanol–water partition coefficient (Wildman–Crippen LogP) is 5.89. The Balaban J connectivity index is 1.98. The molecule has 3 nitrogen and oxygen atoms in total. The van der Waals surface area contributed by atoms with Gasteiger partial charge in [0.15, 0.2) is 11.5 Å². The summed E-state index contributed by atoms with van der Waals surface area (Å²) in [5, 5.41) is 0. The van der Waals surface area contributed by atoms with Crippen LogP contribution in [-0.2, 0) is 6.18 Å². The molecule has 0 aromatic heterocycles. The second-order valence-corrected chi connectivity index (χ2v) is 6.75. The van der Waals surface area contributed by atoms with E-state index in [-0.39, 0.29) is 5.92 Å². The fourth-order valence-electron chi connectivity index (χ4n) is 4.05. The lowest BCUT2D eigenvalue weighted by molar-refractivity contribution is -0.137. The Bertz CT molecular complexity index is 1060. The highest BCUT2D eigenvalue weighted by atomic mass is 19.4. The third-order valence-electron chi connectivity index (χ3n) is 5.29. The normalized spacial score (nSPS) is 14.9. The van der Waals surface area contributed by atoms with Crippen molar-refractivity contribution in [3.63, 3.8) is 0 Å². The Kier molecular flexibility index (Phi) is 4.65. The van der Waals surface area contributed by atoms with E-state index in [2.05, 4.69) is 0 Å². The minimum absolute atomic E-state index is 0.279. The lowest BCUT2D eigenvalue weighted by atomic mass is 9.88. The molecule has 3 aromatic rings. The lowest BCUT2D eigenvalue weighted by Gasteiger charge is -2.21. The molecule has 0 amide bonds. The number of benzene rings is 3. The zero-order valence-electron chi connectivity index (χ0n) is 16.1. The van der Waals surface area contributed by atoms with Crippen LogP contribution in [0.1, 0.15) is 28.2 Å². The largest absolute Gasteiger partial charge is 0.493 e. The van der Waals surface area contributed by atoms with Crippen molar-refractivity contribution in [2.75, 3.05) is 21.3 Å². The first-order valence-electron chi connectivity index (χ1n) is 9.00. The van der Waals surface area contributed by atoms with E-state index in [0.717, 1.165) is 39.9 Å². The van der Waals surface area contributed by atoms with Crippen LogP contribution in [-0.4, -0.2) is 21.3 Å². The quantitative estimate of drug-likeness (QED) is 0.427. The minimum Gasteiger partial charge on any atom is -0.493 e. The number of ether oxygens (including phenoxy) is 3. The molecule has 1 atom stereocenters. The maximum absolute atomic E-state index is 13.0. The van der Waals surface area contributed by atoms with Crippen LogP contribution in [0.2, 0.25) is 0 Å². The Morgan fingerprint density at radius 1 is 0.759 bits per heavy atom. The van der Waals surface area contributed by atoms with Crippen LogP contribution >= 0.6 is 0 Å². The number of halogens is 3. The van der Waals surface area contributed by atoms with Gasteiger partial charge in [0.05, 0.1) is 26.9 Å². The van der Waals surface area contributed by atoms with Crippen molar-refractivity contribution < 1.29 is 27.4 Å². The SMILES string of the molecule is COc1cc2c(c(OC)c1OC)C(c1ccc(C(F)(F)F)cc1)c1ccccc1-2. The van der Waals surface area contributed by atoms with Gasteiger partial charge in [0.25, 0.3) is 0 Å². The number of hydrogen-bond donors (Lipinski definition) is 0. The molecule has 0 radical (unpaired) electrons. The third kappa shape index (κ3) is 2.99. The minimum atomic E-state index is -4.38. The van der Waals surface area contributed by atoms with Crippen LogP contribution in [0, 0.1) is 0 Å². The molecule has 0 aliphatic heterocycles. The number of alkyl halides is 3. The van der Waals surface area contributed by atoms with Gasteiger partial charge in [-0.3, -0.25) is 0 Å². The topological polar surface area (TPSA) is 27.7 Å². The van der Waals surface area contributed by atoms with E-state index in [9.17, 15) is 13.2 Å². The first-order chi connectivity index (χ1) is 13.9.